The van der Waals surface area contributed by atoms with Crippen LogP contribution in [0.5, 0.6) is 0 Å². The van der Waals surface area contributed by atoms with Crippen molar-refractivity contribution in [1.82, 2.24) is 0 Å². The maximum absolute atomic E-state index is 11.6. The van der Waals surface area contributed by atoms with Crippen LogP contribution < -0.4 is 5.32 Å². The number of nitrogens with one attached hydrogen (secondary N) is 1. The van der Waals surface area contributed by atoms with E-state index in [-0.39, 0.29) is 5.41 Å². The molecule has 0 saturated heterocycles. The molecule has 0 atom stereocenters. The SMILES string of the molecule is CC(C)(C)OC(=O)Nc1ccc(C(C)(C)CBr)cc1. The minimum absolute atomic E-state index is 0.0739. The van der Waals surface area contributed by atoms with E-state index < -0.39 is 11.7 Å². The quantitative estimate of drug-likeness (QED) is 0.816. The van der Waals surface area contributed by atoms with Gasteiger partial charge in [0.05, 0.1) is 0 Å². The third-order valence-electron chi connectivity index (χ3n) is 2.65. The van der Waals surface area contributed by atoms with E-state index in [4.69, 9.17) is 4.74 Å². The number of amides is 1. The lowest BCUT2D eigenvalue weighted by atomic mass is 9.87. The van der Waals surface area contributed by atoms with Gasteiger partial charge in [-0.25, -0.2) is 4.79 Å². The highest BCUT2D eigenvalue weighted by Gasteiger charge is 2.19. The summed E-state index contributed by atoms with van der Waals surface area (Å²) in [7, 11) is 0. The molecule has 0 aliphatic carbocycles. The number of rotatable bonds is 3. The van der Waals surface area contributed by atoms with Gasteiger partial charge in [0.2, 0.25) is 0 Å². The lowest BCUT2D eigenvalue weighted by Crippen LogP contribution is -2.27. The van der Waals surface area contributed by atoms with E-state index in [2.05, 4.69) is 35.1 Å². The summed E-state index contributed by atoms with van der Waals surface area (Å²) in [6, 6.07) is 7.83. The zero-order chi connectivity index (χ0) is 14.7. The minimum Gasteiger partial charge on any atom is -0.444 e. The molecule has 1 amide bonds. The number of hydrogen-bond acceptors (Lipinski definition) is 2. The predicted molar refractivity (Wildman–Crippen MR) is 83.1 cm³/mol. The second kappa shape index (κ2) is 5.95. The summed E-state index contributed by atoms with van der Waals surface area (Å²) >= 11 is 3.51. The first-order valence-corrected chi connectivity index (χ1v) is 7.43. The minimum atomic E-state index is -0.484. The highest BCUT2D eigenvalue weighted by atomic mass is 79.9. The summed E-state index contributed by atoms with van der Waals surface area (Å²) in [5.74, 6) is 0. The first-order chi connectivity index (χ1) is 8.64. The Morgan fingerprint density at radius 2 is 1.68 bits per heavy atom. The monoisotopic (exact) mass is 327 g/mol. The van der Waals surface area contributed by atoms with Crippen LogP contribution in [0.2, 0.25) is 0 Å². The molecule has 0 bridgehead atoms. The molecule has 0 radical (unpaired) electrons. The number of hydrogen-bond donors (Lipinski definition) is 1. The van der Waals surface area contributed by atoms with Crippen molar-refractivity contribution >= 4 is 27.7 Å². The summed E-state index contributed by atoms with van der Waals surface area (Å²) in [4.78, 5) is 11.6. The van der Waals surface area contributed by atoms with Crippen molar-refractivity contribution in [2.75, 3.05) is 10.6 Å². The van der Waals surface area contributed by atoms with E-state index in [0.29, 0.717) is 0 Å². The Balaban J connectivity index is 2.70. The summed E-state index contributed by atoms with van der Waals surface area (Å²) < 4.78 is 5.20. The molecule has 0 saturated carbocycles. The van der Waals surface area contributed by atoms with Crippen molar-refractivity contribution in [1.29, 1.82) is 0 Å². The Labute approximate surface area is 123 Å². The fourth-order valence-electron chi connectivity index (χ4n) is 1.50. The van der Waals surface area contributed by atoms with Gasteiger partial charge in [-0.15, -0.1) is 0 Å². The maximum atomic E-state index is 11.6. The molecule has 1 aromatic carbocycles. The maximum Gasteiger partial charge on any atom is 0.412 e. The van der Waals surface area contributed by atoms with Gasteiger partial charge >= 0.3 is 6.09 Å². The van der Waals surface area contributed by atoms with E-state index >= 15 is 0 Å². The summed E-state index contributed by atoms with van der Waals surface area (Å²) in [6.45, 7) is 9.85. The van der Waals surface area contributed by atoms with Crippen molar-refractivity contribution in [3.05, 3.63) is 29.8 Å². The van der Waals surface area contributed by atoms with Crippen LogP contribution in [0.25, 0.3) is 0 Å². The zero-order valence-corrected chi connectivity index (χ0v) is 13.8. The van der Waals surface area contributed by atoms with Gasteiger partial charge in [-0.1, -0.05) is 41.9 Å². The van der Waals surface area contributed by atoms with E-state index in [1.165, 1.54) is 5.56 Å². The van der Waals surface area contributed by atoms with E-state index in [9.17, 15) is 4.79 Å². The molecular formula is C15H22BrNO2. The number of carbonyl (C=O) groups excluding carboxylic acids is 1. The lowest BCUT2D eigenvalue weighted by molar-refractivity contribution is 0.0636. The second-order valence-electron chi connectivity index (χ2n) is 6.22. The van der Waals surface area contributed by atoms with Crippen LogP contribution in [0.3, 0.4) is 0 Å². The number of benzene rings is 1. The molecule has 0 heterocycles. The Hall–Kier alpha value is -1.03. The molecule has 0 aromatic heterocycles. The van der Waals surface area contributed by atoms with Crippen LogP contribution in [0.4, 0.5) is 10.5 Å². The Morgan fingerprint density at radius 1 is 1.16 bits per heavy atom. The van der Waals surface area contributed by atoms with Crippen molar-refractivity contribution in [2.24, 2.45) is 0 Å². The normalized spacial score (nSPS) is 12.1. The molecule has 1 N–H and O–H groups in total. The van der Waals surface area contributed by atoms with Crippen molar-refractivity contribution in [3.8, 4) is 0 Å². The second-order valence-corrected chi connectivity index (χ2v) is 6.78. The topological polar surface area (TPSA) is 38.3 Å². The largest absolute Gasteiger partial charge is 0.444 e. The van der Waals surface area contributed by atoms with Crippen LogP contribution >= 0.6 is 15.9 Å². The number of ether oxygens (including phenoxy) is 1. The lowest BCUT2D eigenvalue weighted by Gasteiger charge is -2.23. The van der Waals surface area contributed by atoms with E-state index in [1.807, 2.05) is 45.0 Å². The number of halogens is 1. The van der Waals surface area contributed by atoms with Crippen molar-refractivity contribution in [3.63, 3.8) is 0 Å². The molecule has 1 aromatic rings. The first kappa shape index (κ1) is 16.0. The van der Waals surface area contributed by atoms with Gasteiger partial charge in [0.15, 0.2) is 0 Å². The highest BCUT2D eigenvalue weighted by molar-refractivity contribution is 9.09. The van der Waals surface area contributed by atoms with Crippen LogP contribution in [-0.4, -0.2) is 17.0 Å². The Morgan fingerprint density at radius 3 is 2.11 bits per heavy atom. The third-order valence-corrected chi connectivity index (χ3v) is 4.05. The van der Waals surface area contributed by atoms with Gasteiger partial charge in [-0.05, 0) is 43.9 Å². The molecule has 1 rings (SSSR count). The molecule has 4 heteroatoms. The van der Waals surface area contributed by atoms with Crippen LogP contribution in [-0.2, 0) is 10.2 Å². The number of carbonyl (C=O) groups is 1. The molecule has 3 nitrogen and oxygen atoms in total. The van der Waals surface area contributed by atoms with Gasteiger partial charge in [0.25, 0.3) is 0 Å². The fraction of sp³-hybridized carbons (Fsp3) is 0.533. The van der Waals surface area contributed by atoms with E-state index in [0.717, 1.165) is 11.0 Å². The van der Waals surface area contributed by atoms with Gasteiger partial charge in [-0.2, -0.15) is 0 Å². The van der Waals surface area contributed by atoms with Gasteiger partial charge in [-0.3, -0.25) is 5.32 Å². The molecular weight excluding hydrogens is 306 g/mol. The van der Waals surface area contributed by atoms with Gasteiger partial charge < -0.3 is 4.74 Å². The fourth-order valence-corrected chi connectivity index (χ4v) is 1.83. The molecule has 106 valence electrons. The average molecular weight is 328 g/mol. The molecule has 0 aliphatic rings. The van der Waals surface area contributed by atoms with Crippen molar-refractivity contribution < 1.29 is 9.53 Å². The molecule has 0 unspecified atom stereocenters. The number of anilines is 1. The molecule has 0 aliphatic heterocycles. The van der Waals surface area contributed by atoms with Gasteiger partial charge in [0, 0.05) is 11.0 Å². The van der Waals surface area contributed by atoms with E-state index in [1.54, 1.807) is 0 Å². The average Bonchev–Trinajstić information content (AvgIpc) is 2.27. The van der Waals surface area contributed by atoms with Crippen LogP contribution in [0.15, 0.2) is 24.3 Å². The van der Waals surface area contributed by atoms with Gasteiger partial charge in [0.1, 0.15) is 5.60 Å². The summed E-state index contributed by atoms with van der Waals surface area (Å²) in [6.07, 6.45) is -0.431. The summed E-state index contributed by atoms with van der Waals surface area (Å²) in [5, 5.41) is 3.61. The molecule has 0 spiro atoms. The Bertz CT molecular complexity index is 432. The van der Waals surface area contributed by atoms with Crippen LogP contribution in [0.1, 0.15) is 40.2 Å². The third kappa shape index (κ3) is 5.23. The highest BCUT2D eigenvalue weighted by Crippen LogP contribution is 2.26. The standard InChI is InChI=1S/C15H22BrNO2/c1-14(2,3)19-13(18)17-12-8-6-11(7-9-12)15(4,5)10-16/h6-9H,10H2,1-5H3,(H,17,18). The Kier molecular flexibility index (Phi) is 5.02. The number of alkyl halides is 1. The smallest absolute Gasteiger partial charge is 0.412 e. The molecule has 0 fully saturated rings. The molecule has 19 heavy (non-hydrogen) atoms. The van der Waals surface area contributed by atoms with Crippen molar-refractivity contribution in [2.45, 2.75) is 45.6 Å². The summed E-state index contributed by atoms with van der Waals surface area (Å²) in [5.41, 5.74) is 1.55. The zero-order valence-electron chi connectivity index (χ0n) is 12.2. The van der Waals surface area contributed by atoms with Crippen LogP contribution in [0, 0.1) is 0 Å². The first-order valence-electron chi connectivity index (χ1n) is 6.30. The predicted octanol–water partition coefficient (Wildman–Crippen LogP) is 4.71.